The highest BCUT2D eigenvalue weighted by Gasteiger charge is 2.13. The van der Waals surface area contributed by atoms with E-state index in [0.29, 0.717) is 13.3 Å². The van der Waals surface area contributed by atoms with Gasteiger partial charge in [0.2, 0.25) is 6.79 Å². The molecule has 0 aliphatic carbocycles. The van der Waals surface area contributed by atoms with E-state index in [0.717, 1.165) is 33.4 Å². The smallest absolute Gasteiger partial charge is 0.231 e. The lowest BCUT2D eigenvalue weighted by Crippen LogP contribution is -2.36. The fraction of sp³-hybridized carbons (Fsp3) is 0.267. The molecule has 0 bridgehead atoms. The van der Waals surface area contributed by atoms with Crippen molar-refractivity contribution in [1.82, 2.24) is 10.6 Å². The third-order valence-corrected chi connectivity index (χ3v) is 4.80. The zero-order chi connectivity index (χ0) is 15.4. The fourth-order valence-corrected chi connectivity index (χ4v) is 3.50. The summed E-state index contributed by atoms with van der Waals surface area (Å²) in [5.41, 5.74) is 1.12. The average Bonchev–Trinajstić information content (AvgIpc) is 3.15. The molecule has 0 fully saturated rings. The molecule has 1 aromatic carbocycles. The molecule has 1 aliphatic heterocycles. The molecule has 1 aliphatic rings. The van der Waals surface area contributed by atoms with E-state index < -0.39 is 0 Å². The van der Waals surface area contributed by atoms with Crippen molar-refractivity contribution < 1.29 is 9.47 Å². The summed E-state index contributed by atoms with van der Waals surface area (Å²) in [5, 5.41) is 6.58. The number of aliphatic imine (C=N–C) groups is 1. The van der Waals surface area contributed by atoms with Crippen LogP contribution >= 0.6 is 51.2 Å². The molecule has 3 rings (SSSR count). The van der Waals surface area contributed by atoms with Crippen molar-refractivity contribution in [3.05, 3.63) is 44.6 Å². The molecule has 0 amide bonds. The van der Waals surface area contributed by atoms with Gasteiger partial charge >= 0.3 is 0 Å². The molecule has 5 nitrogen and oxygen atoms in total. The lowest BCUT2D eigenvalue weighted by molar-refractivity contribution is 0.174. The van der Waals surface area contributed by atoms with Gasteiger partial charge in [-0.3, -0.25) is 4.99 Å². The van der Waals surface area contributed by atoms with Crippen LogP contribution in [0.15, 0.2) is 39.1 Å². The average molecular weight is 510 g/mol. The third-order valence-electron chi connectivity index (χ3n) is 3.18. The van der Waals surface area contributed by atoms with E-state index in [1.165, 1.54) is 4.88 Å². The maximum absolute atomic E-state index is 5.38. The summed E-state index contributed by atoms with van der Waals surface area (Å²) in [7, 11) is 1.76. The molecule has 2 N–H and O–H groups in total. The number of ether oxygens (including phenoxy) is 2. The normalized spacial score (nSPS) is 12.7. The van der Waals surface area contributed by atoms with Crippen molar-refractivity contribution in [3.63, 3.8) is 0 Å². The molecule has 8 heteroatoms. The van der Waals surface area contributed by atoms with E-state index in [9.17, 15) is 0 Å². The largest absolute Gasteiger partial charge is 0.454 e. The van der Waals surface area contributed by atoms with Crippen molar-refractivity contribution >= 4 is 57.2 Å². The number of halogens is 2. The van der Waals surface area contributed by atoms with E-state index >= 15 is 0 Å². The van der Waals surface area contributed by atoms with Crippen molar-refractivity contribution in [2.45, 2.75) is 13.1 Å². The lowest BCUT2D eigenvalue weighted by atomic mass is 10.2. The minimum atomic E-state index is 0. The summed E-state index contributed by atoms with van der Waals surface area (Å²) >= 11 is 5.17. The molecular formula is C15H17BrIN3O2S. The van der Waals surface area contributed by atoms with Gasteiger partial charge < -0.3 is 20.1 Å². The minimum absolute atomic E-state index is 0. The molecule has 2 aromatic rings. The van der Waals surface area contributed by atoms with E-state index in [4.69, 9.17) is 9.47 Å². The summed E-state index contributed by atoms with van der Waals surface area (Å²) in [6, 6.07) is 10.1. The molecule has 0 atom stereocenters. The van der Waals surface area contributed by atoms with E-state index in [1.807, 2.05) is 24.3 Å². The number of benzene rings is 1. The molecule has 0 saturated carbocycles. The van der Waals surface area contributed by atoms with Gasteiger partial charge in [-0.2, -0.15) is 0 Å². The van der Waals surface area contributed by atoms with Crippen LogP contribution in [0.1, 0.15) is 10.4 Å². The third kappa shape index (κ3) is 4.98. The standard InChI is InChI=1S/C15H16BrN3O2S.HI/c1-17-15(19-8-11-3-5-14(16)22-11)18-7-10-2-4-12-13(6-10)21-9-20-12;/h2-6H,7-9H2,1H3,(H2,17,18,19);1H. The Kier molecular flexibility index (Phi) is 6.97. The highest BCUT2D eigenvalue weighted by molar-refractivity contribution is 14.0. The molecule has 1 aromatic heterocycles. The zero-order valence-corrected chi connectivity index (χ0v) is 17.2. The molecule has 23 heavy (non-hydrogen) atoms. The van der Waals surface area contributed by atoms with Crippen molar-refractivity contribution in [1.29, 1.82) is 0 Å². The Labute approximate surface area is 164 Å². The van der Waals surface area contributed by atoms with Crippen LogP contribution in [-0.4, -0.2) is 19.8 Å². The van der Waals surface area contributed by atoms with Gasteiger partial charge in [-0.25, -0.2) is 0 Å². The molecule has 0 unspecified atom stereocenters. The van der Waals surface area contributed by atoms with Gasteiger partial charge in [0.25, 0.3) is 0 Å². The Bertz CT molecular complexity index is 693. The van der Waals surface area contributed by atoms with Crippen LogP contribution in [0.5, 0.6) is 11.5 Å². The first-order valence-electron chi connectivity index (χ1n) is 6.82. The molecule has 0 spiro atoms. The first-order chi connectivity index (χ1) is 10.7. The lowest BCUT2D eigenvalue weighted by Gasteiger charge is -2.11. The molecule has 0 radical (unpaired) electrons. The Morgan fingerprint density at radius 3 is 2.70 bits per heavy atom. The SMILES string of the molecule is CN=C(NCc1ccc2c(c1)OCO2)NCc1ccc(Br)s1.I. The summed E-state index contributed by atoms with van der Waals surface area (Å²) in [4.78, 5) is 5.48. The number of rotatable bonds is 4. The van der Waals surface area contributed by atoms with Crippen LogP contribution in [-0.2, 0) is 13.1 Å². The van der Waals surface area contributed by atoms with Crippen LogP contribution in [0.3, 0.4) is 0 Å². The van der Waals surface area contributed by atoms with Gasteiger partial charge in [-0.1, -0.05) is 6.07 Å². The Morgan fingerprint density at radius 2 is 1.96 bits per heavy atom. The highest BCUT2D eigenvalue weighted by Crippen LogP contribution is 2.32. The first kappa shape index (κ1) is 18.3. The Hall–Kier alpha value is -1.000. The van der Waals surface area contributed by atoms with E-state index in [1.54, 1.807) is 18.4 Å². The fourth-order valence-electron chi connectivity index (χ4n) is 2.07. The van der Waals surface area contributed by atoms with Crippen molar-refractivity contribution in [2.75, 3.05) is 13.8 Å². The van der Waals surface area contributed by atoms with Gasteiger partial charge in [0.15, 0.2) is 17.5 Å². The topological polar surface area (TPSA) is 54.9 Å². The van der Waals surface area contributed by atoms with Gasteiger partial charge in [0.1, 0.15) is 0 Å². The van der Waals surface area contributed by atoms with E-state index in [2.05, 4.69) is 37.6 Å². The number of nitrogens with zero attached hydrogens (tertiary/aromatic N) is 1. The maximum atomic E-state index is 5.38. The molecule has 124 valence electrons. The van der Waals surface area contributed by atoms with Crippen LogP contribution < -0.4 is 20.1 Å². The summed E-state index contributed by atoms with van der Waals surface area (Å²) in [6.45, 7) is 1.72. The highest BCUT2D eigenvalue weighted by atomic mass is 127. The maximum Gasteiger partial charge on any atom is 0.231 e. The van der Waals surface area contributed by atoms with E-state index in [-0.39, 0.29) is 24.0 Å². The second kappa shape index (κ2) is 8.74. The van der Waals surface area contributed by atoms with Crippen LogP contribution in [0.25, 0.3) is 0 Å². The van der Waals surface area contributed by atoms with Gasteiger partial charge in [0.05, 0.1) is 10.3 Å². The Morgan fingerprint density at radius 1 is 1.17 bits per heavy atom. The molecular weight excluding hydrogens is 493 g/mol. The van der Waals surface area contributed by atoms with Gasteiger partial charge in [0, 0.05) is 18.5 Å². The summed E-state index contributed by atoms with van der Waals surface area (Å²) in [6.07, 6.45) is 0. The van der Waals surface area contributed by atoms with Gasteiger partial charge in [-0.15, -0.1) is 35.3 Å². The summed E-state index contributed by atoms with van der Waals surface area (Å²) < 4.78 is 11.8. The predicted octanol–water partition coefficient (Wildman–Crippen LogP) is 3.72. The molecule has 0 saturated heterocycles. The quantitative estimate of drug-likeness (QED) is 0.374. The summed E-state index contributed by atoms with van der Waals surface area (Å²) in [5.74, 6) is 2.36. The van der Waals surface area contributed by atoms with Gasteiger partial charge in [-0.05, 0) is 45.8 Å². The number of hydrogen-bond acceptors (Lipinski definition) is 4. The first-order valence-corrected chi connectivity index (χ1v) is 8.43. The van der Waals surface area contributed by atoms with Crippen LogP contribution in [0, 0.1) is 0 Å². The number of thiophene rings is 1. The second-order valence-corrected chi connectivity index (χ2v) is 7.22. The number of nitrogens with one attached hydrogen (secondary N) is 2. The van der Waals surface area contributed by atoms with Crippen LogP contribution in [0.2, 0.25) is 0 Å². The monoisotopic (exact) mass is 509 g/mol. The predicted molar refractivity (Wildman–Crippen MR) is 107 cm³/mol. The number of hydrogen-bond donors (Lipinski definition) is 2. The minimum Gasteiger partial charge on any atom is -0.454 e. The number of fused-ring (bicyclic) bond motifs is 1. The number of guanidine groups is 1. The zero-order valence-electron chi connectivity index (χ0n) is 12.5. The second-order valence-electron chi connectivity index (χ2n) is 4.67. The van der Waals surface area contributed by atoms with Crippen molar-refractivity contribution in [2.24, 2.45) is 4.99 Å². The molecule has 2 heterocycles. The van der Waals surface area contributed by atoms with Crippen molar-refractivity contribution in [3.8, 4) is 11.5 Å². The Balaban J connectivity index is 0.00000192. The van der Waals surface area contributed by atoms with Crippen LogP contribution in [0.4, 0.5) is 0 Å².